The van der Waals surface area contributed by atoms with Crippen molar-refractivity contribution in [1.29, 1.82) is 0 Å². The molecule has 10 nitrogen and oxygen atoms in total. The van der Waals surface area contributed by atoms with Crippen molar-refractivity contribution in [2.24, 2.45) is 11.5 Å². The van der Waals surface area contributed by atoms with Gasteiger partial charge in [-0.05, 0) is 83.7 Å². The molecule has 10 heteroatoms. The Hall–Kier alpha value is -0.850. The molecular formula is C20H45N5O5. The predicted molar refractivity (Wildman–Crippen MR) is 117 cm³/mol. The molecular weight excluding hydrogens is 390 g/mol. The van der Waals surface area contributed by atoms with E-state index in [9.17, 15) is 15.0 Å². The van der Waals surface area contributed by atoms with Crippen molar-refractivity contribution >= 4 is 5.91 Å². The van der Waals surface area contributed by atoms with Crippen molar-refractivity contribution in [2.45, 2.75) is 102 Å². The number of hydrogen-bond donors (Lipinski definition) is 9. The molecule has 0 aromatic carbocycles. The Morgan fingerprint density at radius 1 is 0.633 bits per heavy atom. The van der Waals surface area contributed by atoms with Crippen LogP contribution in [0.5, 0.6) is 0 Å². The van der Waals surface area contributed by atoms with Gasteiger partial charge in [0.1, 0.15) is 24.9 Å². The second-order valence-corrected chi connectivity index (χ2v) is 7.80. The summed E-state index contributed by atoms with van der Waals surface area (Å²) in [5.41, 5.74) is 10.5. The minimum absolute atomic E-state index is 0.0313. The number of amides is 1. The van der Waals surface area contributed by atoms with Gasteiger partial charge in [-0.15, -0.1) is 0 Å². The van der Waals surface area contributed by atoms with Gasteiger partial charge in [0.2, 0.25) is 5.91 Å². The third-order valence-electron chi connectivity index (χ3n) is 4.72. The molecule has 0 spiro atoms. The van der Waals surface area contributed by atoms with Gasteiger partial charge in [-0.1, -0.05) is 0 Å². The topological polar surface area (TPSA) is 186 Å². The number of nitrogens with two attached hydrogens (primary N) is 2. The quantitative estimate of drug-likeness (QED) is 0.0818. The molecule has 0 fully saturated rings. The fourth-order valence-electron chi connectivity index (χ4n) is 2.93. The highest BCUT2D eigenvalue weighted by Crippen LogP contribution is 2.03. The zero-order valence-electron chi connectivity index (χ0n) is 18.3. The monoisotopic (exact) mass is 435 g/mol. The minimum atomic E-state index is -0.787. The van der Waals surface area contributed by atoms with Crippen LogP contribution < -0.4 is 27.4 Å². The molecule has 0 aliphatic heterocycles. The Kier molecular flexibility index (Phi) is 19.5. The van der Waals surface area contributed by atoms with Crippen molar-refractivity contribution in [1.82, 2.24) is 16.0 Å². The Balaban J connectivity index is 3.44. The number of unbranched alkanes of at least 4 members (excludes halogenated alkanes) is 3. The van der Waals surface area contributed by atoms with Crippen LogP contribution in [0.25, 0.3) is 0 Å². The normalized spacial score (nSPS) is 15.5. The third kappa shape index (κ3) is 21.8. The minimum Gasteiger partial charge on any atom is -0.379 e. The summed E-state index contributed by atoms with van der Waals surface area (Å²) in [5, 5.41) is 46.5. The lowest BCUT2D eigenvalue weighted by molar-refractivity contribution is -0.121. The number of nitrogens with one attached hydrogen (secondary N) is 3. The van der Waals surface area contributed by atoms with E-state index >= 15 is 0 Å². The largest absolute Gasteiger partial charge is 0.379 e. The molecule has 4 atom stereocenters. The van der Waals surface area contributed by atoms with Crippen LogP contribution in [0.1, 0.15) is 77.0 Å². The fourth-order valence-corrected chi connectivity index (χ4v) is 2.93. The van der Waals surface area contributed by atoms with E-state index in [0.29, 0.717) is 58.2 Å². The van der Waals surface area contributed by atoms with E-state index in [1.54, 1.807) is 0 Å². The number of rotatable bonds is 21. The van der Waals surface area contributed by atoms with Gasteiger partial charge < -0.3 is 37.2 Å². The summed E-state index contributed by atoms with van der Waals surface area (Å²) in [6.45, 7) is 1.92. The maximum Gasteiger partial charge on any atom is 0.219 e. The number of aliphatic hydroxyl groups excluding tert-OH is 4. The lowest BCUT2D eigenvalue weighted by atomic mass is 10.2. The fraction of sp³-hybridized carbons (Fsp3) is 0.950. The lowest BCUT2D eigenvalue weighted by Crippen LogP contribution is -2.31. The van der Waals surface area contributed by atoms with E-state index in [0.717, 1.165) is 38.5 Å². The number of carbonyl (C=O) groups excluding carboxylic acids is 1. The van der Waals surface area contributed by atoms with Gasteiger partial charge in [0, 0.05) is 13.0 Å². The van der Waals surface area contributed by atoms with Crippen molar-refractivity contribution in [3.05, 3.63) is 0 Å². The maximum atomic E-state index is 11.7. The summed E-state index contributed by atoms with van der Waals surface area (Å²) in [6, 6.07) is 0. The zero-order chi connectivity index (χ0) is 22.6. The summed E-state index contributed by atoms with van der Waals surface area (Å²) in [4.78, 5) is 11.7. The number of carbonyl (C=O) groups is 1. The number of hydrogen-bond acceptors (Lipinski definition) is 9. The maximum absolute atomic E-state index is 11.7. The van der Waals surface area contributed by atoms with E-state index in [1.165, 1.54) is 0 Å². The van der Waals surface area contributed by atoms with E-state index in [1.807, 2.05) is 0 Å². The van der Waals surface area contributed by atoms with Gasteiger partial charge in [0.15, 0.2) is 0 Å². The smallest absolute Gasteiger partial charge is 0.219 e. The molecule has 0 aromatic rings. The SMILES string of the molecule is NC(O)CCCCNC(=O)CCCC(O)NCCCCC(O)NCCCCC(N)O. The van der Waals surface area contributed by atoms with Gasteiger partial charge >= 0.3 is 0 Å². The standard InChI is InChI=1S/C20H45N5O5/c21-16(26)8-1-4-13-23-18(28)10-3-6-15-25-20(30)12-7-11-19(29)24-14-5-2-9-17(22)27/h16-18,20,23,25-28,30H,1-15,21-22H2,(H,24,29). The van der Waals surface area contributed by atoms with Crippen LogP contribution >= 0.6 is 0 Å². The molecule has 0 radical (unpaired) electrons. The Bertz CT molecular complexity index is 402. The van der Waals surface area contributed by atoms with Crippen LogP contribution in [0.4, 0.5) is 0 Å². The summed E-state index contributed by atoms with van der Waals surface area (Å²) < 4.78 is 0. The van der Waals surface area contributed by atoms with Crippen LogP contribution in [0.15, 0.2) is 0 Å². The van der Waals surface area contributed by atoms with E-state index in [-0.39, 0.29) is 5.91 Å². The van der Waals surface area contributed by atoms with Crippen LogP contribution in [0.2, 0.25) is 0 Å². The first-order valence-electron chi connectivity index (χ1n) is 11.3. The predicted octanol–water partition coefficient (Wildman–Crippen LogP) is -0.846. The first kappa shape index (κ1) is 29.1. The summed E-state index contributed by atoms with van der Waals surface area (Å²) >= 11 is 0. The van der Waals surface area contributed by atoms with E-state index in [4.69, 9.17) is 21.7 Å². The molecule has 0 saturated heterocycles. The second-order valence-electron chi connectivity index (χ2n) is 7.80. The molecule has 1 amide bonds. The van der Waals surface area contributed by atoms with Crippen molar-refractivity contribution < 1.29 is 25.2 Å². The van der Waals surface area contributed by atoms with Crippen LogP contribution in [0.3, 0.4) is 0 Å². The number of aliphatic hydroxyl groups is 4. The van der Waals surface area contributed by atoms with E-state index in [2.05, 4.69) is 16.0 Å². The Morgan fingerprint density at radius 2 is 1.07 bits per heavy atom. The summed E-state index contributed by atoms with van der Waals surface area (Å²) in [5.74, 6) is -0.0313. The molecule has 0 bridgehead atoms. The Morgan fingerprint density at radius 3 is 1.57 bits per heavy atom. The van der Waals surface area contributed by atoms with Crippen molar-refractivity contribution in [3.8, 4) is 0 Å². The average Bonchev–Trinajstić information content (AvgIpc) is 2.66. The summed E-state index contributed by atoms with van der Waals surface area (Å²) in [6.07, 6.45) is 5.40. The van der Waals surface area contributed by atoms with Gasteiger partial charge in [-0.2, -0.15) is 0 Å². The second kappa shape index (κ2) is 20.1. The third-order valence-corrected chi connectivity index (χ3v) is 4.72. The Labute approximate surface area is 180 Å². The van der Waals surface area contributed by atoms with Gasteiger partial charge in [0.25, 0.3) is 0 Å². The highest BCUT2D eigenvalue weighted by Gasteiger charge is 2.07. The van der Waals surface area contributed by atoms with Gasteiger partial charge in [0.05, 0.1) is 0 Å². The molecule has 4 unspecified atom stereocenters. The highest BCUT2D eigenvalue weighted by molar-refractivity contribution is 5.75. The molecule has 0 heterocycles. The summed E-state index contributed by atoms with van der Waals surface area (Å²) in [7, 11) is 0. The van der Waals surface area contributed by atoms with Crippen molar-refractivity contribution in [3.63, 3.8) is 0 Å². The van der Waals surface area contributed by atoms with Crippen molar-refractivity contribution in [2.75, 3.05) is 19.6 Å². The molecule has 180 valence electrons. The molecule has 0 aromatic heterocycles. The lowest BCUT2D eigenvalue weighted by Gasteiger charge is -2.15. The first-order valence-corrected chi connectivity index (χ1v) is 11.3. The van der Waals surface area contributed by atoms with Crippen LogP contribution in [-0.4, -0.2) is 70.9 Å². The molecule has 30 heavy (non-hydrogen) atoms. The molecule has 11 N–H and O–H groups in total. The average molecular weight is 436 g/mol. The van der Waals surface area contributed by atoms with Crippen LogP contribution in [-0.2, 0) is 4.79 Å². The zero-order valence-corrected chi connectivity index (χ0v) is 18.3. The highest BCUT2D eigenvalue weighted by atomic mass is 16.3. The van der Waals surface area contributed by atoms with Crippen LogP contribution in [0, 0.1) is 0 Å². The molecule has 0 aliphatic carbocycles. The molecule has 0 aliphatic rings. The van der Waals surface area contributed by atoms with Gasteiger partial charge in [-0.3, -0.25) is 15.4 Å². The molecule has 0 saturated carbocycles. The van der Waals surface area contributed by atoms with E-state index < -0.39 is 24.9 Å². The molecule has 0 rings (SSSR count). The van der Waals surface area contributed by atoms with Gasteiger partial charge in [-0.25, -0.2) is 0 Å². The first-order chi connectivity index (χ1) is 14.3.